The molecule has 1 heterocycles. The van der Waals surface area contributed by atoms with Gasteiger partial charge in [-0.05, 0) is 12.1 Å². The number of aromatic nitrogens is 1. The predicted molar refractivity (Wildman–Crippen MR) is 71.7 cm³/mol. The molecule has 0 aliphatic rings. The topological polar surface area (TPSA) is 66.7 Å². The Bertz CT molecular complexity index is 371. The molecule has 6 heteroatoms. The van der Waals surface area contributed by atoms with Gasteiger partial charge >= 0.3 is 0 Å². The summed E-state index contributed by atoms with van der Waals surface area (Å²) in [5.41, 5.74) is 0.675. The minimum Gasteiger partial charge on any atom is -0.392 e. The SMILES string of the molecule is CC(C)NCC(O)CON=C(Cl)c1cccnc1. The third-order valence-corrected chi connectivity index (χ3v) is 2.36. The summed E-state index contributed by atoms with van der Waals surface area (Å²) in [5, 5.41) is 16.6. The molecule has 0 saturated heterocycles. The predicted octanol–water partition coefficient (Wildman–Crippen LogP) is 1.36. The highest BCUT2D eigenvalue weighted by Crippen LogP contribution is 2.03. The minimum absolute atomic E-state index is 0.0935. The van der Waals surface area contributed by atoms with Crippen LogP contribution in [0, 0.1) is 0 Å². The van der Waals surface area contributed by atoms with Gasteiger partial charge in [-0.2, -0.15) is 0 Å². The Balaban J connectivity index is 2.32. The lowest BCUT2D eigenvalue weighted by Gasteiger charge is -2.12. The molecule has 0 amide bonds. The van der Waals surface area contributed by atoms with Gasteiger partial charge in [0.15, 0.2) is 5.17 Å². The molecule has 1 aromatic rings. The van der Waals surface area contributed by atoms with Crippen LogP contribution in [0.15, 0.2) is 29.7 Å². The number of aliphatic hydroxyl groups excluding tert-OH is 1. The van der Waals surface area contributed by atoms with E-state index in [4.69, 9.17) is 16.4 Å². The third-order valence-electron chi connectivity index (χ3n) is 2.07. The lowest BCUT2D eigenvalue weighted by Crippen LogP contribution is -2.34. The van der Waals surface area contributed by atoms with Gasteiger partial charge in [-0.25, -0.2) is 0 Å². The zero-order valence-electron chi connectivity index (χ0n) is 10.5. The van der Waals surface area contributed by atoms with Crippen LogP contribution in [0.3, 0.4) is 0 Å². The average Bonchev–Trinajstić information content (AvgIpc) is 2.37. The Hall–Kier alpha value is -1.17. The number of nitrogens with zero attached hydrogens (tertiary/aromatic N) is 2. The van der Waals surface area contributed by atoms with E-state index in [1.165, 1.54) is 0 Å². The zero-order chi connectivity index (χ0) is 13.4. The van der Waals surface area contributed by atoms with Crippen LogP contribution in [0.2, 0.25) is 0 Å². The van der Waals surface area contributed by atoms with Gasteiger partial charge in [0.25, 0.3) is 0 Å². The van der Waals surface area contributed by atoms with Crippen LogP contribution < -0.4 is 5.32 Å². The lowest BCUT2D eigenvalue weighted by molar-refractivity contribution is 0.0399. The van der Waals surface area contributed by atoms with Gasteiger partial charge in [0.2, 0.25) is 0 Å². The summed E-state index contributed by atoms with van der Waals surface area (Å²) in [5.74, 6) is 0. The van der Waals surface area contributed by atoms with Crippen LogP contribution in [0.4, 0.5) is 0 Å². The molecule has 0 radical (unpaired) electrons. The molecule has 18 heavy (non-hydrogen) atoms. The first-order valence-electron chi connectivity index (χ1n) is 5.77. The van der Waals surface area contributed by atoms with Crippen molar-refractivity contribution in [2.45, 2.75) is 26.0 Å². The summed E-state index contributed by atoms with van der Waals surface area (Å²) >= 11 is 5.90. The Morgan fingerprint density at radius 2 is 2.39 bits per heavy atom. The summed E-state index contributed by atoms with van der Waals surface area (Å²) in [7, 11) is 0. The number of pyridine rings is 1. The van der Waals surface area contributed by atoms with E-state index in [0.29, 0.717) is 18.2 Å². The molecular weight excluding hydrogens is 254 g/mol. The second-order valence-corrected chi connectivity index (χ2v) is 4.49. The van der Waals surface area contributed by atoms with Crippen molar-refractivity contribution in [3.63, 3.8) is 0 Å². The lowest BCUT2D eigenvalue weighted by atomic mass is 10.3. The van der Waals surface area contributed by atoms with Gasteiger partial charge in [-0.1, -0.05) is 30.6 Å². The fourth-order valence-corrected chi connectivity index (χ4v) is 1.31. The molecule has 0 bridgehead atoms. The highest BCUT2D eigenvalue weighted by atomic mass is 35.5. The molecule has 0 saturated carbocycles. The Morgan fingerprint density at radius 3 is 3.00 bits per heavy atom. The average molecular weight is 272 g/mol. The van der Waals surface area contributed by atoms with Gasteiger partial charge in [0, 0.05) is 30.5 Å². The molecule has 5 nitrogen and oxygen atoms in total. The molecule has 100 valence electrons. The maximum Gasteiger partial charge on any atom is 0.177 e. The summed E-state index contributed by atoms with van der Waals surface area (Å²) in [6, 6.07) is 3.86. The van der Waals surface area contributed by atoms with Gasteiger partial charge in [-0.15, -0.1) is 0 Å². The van der Waals surface area contributed by atoms with Crippen LogP contribution in [0.25, 0.3) is 0 Å². The van der Waals surface area contributed by atoms with Gasteiger partial charge in [0.1, 0.15) is 12.7 Å². The first-order valence-corrected chi connectivity index (χ1v) is 6.14. The number of halogens is 1. The van der Waals surface area contributed by atoms with Crippen molar-refractivity contribution in [3.05, 3.63) is 30.1 Å². The number of oxime groups is 1. The van der Waals surface area contributed by atoms with Crippen molar-refractivity contribution in [1.82, 2.24) is 10.3 Å². The van der Waals surface area contributed by atoms with E-state index >= 15 is 0 Å². The van der Waals surface area contributed by atoms with Gasteiger partial charge in [-0.3, -0.25) is 4.98 Å². The largest absolute Gasteiger partial charge is 0.392 e. The van der Waals surface area contributed by atoms with E-state index in [-0.39, 0.29) is 11.8 Å². The van der Waals surface area contributed by atoms with Crippen LogP contribution in [0.1, 0.15) is 19.4 Å². The molecule has 0 spiro atoms. The van der Waals surface area contributed by atoms with Crippen molar-refractivity contribution in [3.8, 4) is 0 Å². The quantitative estimate of drug-likeness (QED) is 0.580. The summed E-state index contributed by atoms with van der Waals surface area (Å²) < 4.78 is 0. The standard InChI is InChI=1S/C12H18ClN3O2/c1-9(2)15-7-11(17)8-18-16-12(13)10-4-3-5-14-6-10/h3-6,9,11,15,17H,7-8H2,1-2H3. The number of nitrogens with one attached hydrogen (secondary N) is 1. The van der Waals surface area contributed by atoms with E-state index in [2.05, 4.69) is 15.5 Å². The van der Waals surface area contributed by atoms with E-state index < -0.39 is 6.10 Å². The molecule has 0 aliphatic heterocycles. The van der Waals surface area contributed by atoms with Crippen LogP contribution in [-0.2, 0) is 4.84 Å². The normalized spacial score (nSPS) is 13.7. The van der Waals surface area contributed by atoms with Crippen molar-refractivity contribution in [1.29, 1.82) is 0 Å². The molecule has 1 rings (SSSR count). The van der Waals surface area contributed by atoms with Gasteiger partial charge in [0.05, 0.1) is 0 Å². The highest BCUT2D eigenvalue weighted by Gasteiger charge is 2.06. The van der Waals surface area contributed by atoms with E-state index in [0.717, 1.165) is 0 Å². The summed E-state index contributed by atoms with van der Waals surface area (Å²) in [6.45, 7) is 4.56. The van der Waals surface area contributed by atoms with Gasteiger partial charge < -0.3 is 15.3 Å². The van der Waals surface area contributed by atoms with E-state index in [1.54, 1.807) is 24.5 Å². The maximum atomic E-state index is 9.57. The smallest absolute Gasteiger partial charge is 0.177 e. The van der Waals surface area contributed by atoms with Crippen LogP contribution >= 0.6 is 11.6 Å². The van der Waals surface area contributed by atoms with E-state index in [9.17, 15) is 5.11 Å². The number of rotatable bonds is 7. The number of aliphatic hydroxyl groups is 1. The molecular formula is C12H18ClN3O2. The van der Waals surface area contributed by atoms with Crippen molar-refractivity contribution in [2.24, 2.45) is 5.16 Å². The zero-order valence-corrected chi connectivity index (χ0v) is 11.3. The second-order valence-electron chi connectivity index (χ2n) is 4.14. The third kappa shape index (κ3) is 5.95. The number of hydrogen-bond acceptors (Lipinski definition) is 5. The maximum absolute atomic E-state index is 9.57. The Kier molecular flexibility index (Phi) is 6.64. The van der Waals surface area contributed by atoms with Crippen molar-refractivity contribution >= 4 is 16.8 Å². The summed E-state index contributed by atoms with van der Waals surface area (Å²) in [6.07, 6.45) is 2.62. The number of hydrogen-bond donors (Lipinski definition) is 2. The monoisotopic (exact) mass is 271 g/mol. The molecule has 1 aromatic heterocycles. The minimum atomic E-state index is -0.616. The van der Waals surface area contributed by atoms with Crippen molar-refractivity contribution in [2.75, 3.05) is 13.2 Å². The molecule has 1 unspecified atom stereocenters. The highest BCUT2D eigenvalue weighted by molar-refractivity contribution is 6.69. The fraction of sp³-hybridized carbons (Fsp3) is 0.500. The fourth-order valence-electron chi connectivity index (χ4n) is 1.15. The van der Waals surface area contributed by atoms with E-state index in [1.807, 2.05) is 13.8 Å². The first kappa shape index (κ1) is 14.9. The molecule has 0 fully saturated rings. The molecule has 2 N–H and O–H groups in total. The van der Waals surface area contributed by atoms with Crippen LogP contribution in [-0.4, -0.2) is 40.6 Å². The summed E-state index contributed by atoms with van der Waals surface area (Å²) in [4.78, 5) is 8.90. The Morgan fingerprint density at radius 1 is 1.61 bits per heavy atom. The first-order chi connectivity index (χ1) is 8.59. The molecule has 0 aromatic carbocycles. The molecule has 1 atom stereocenters. The second kappa shape index (κ2) is 8.02. The Labute approximate surface area is 112 Å². The van der Waals surface area contributed by atoms with Crippen LogP contribution in [0.5, 0.6) is 0 Å². The van der Waals surface area contributed by atoms with Crippen molar-refractivity contribution < 1.29 is 9.94 Å². The molecule has 0 aliphatic carbocycles.